The number of piperidine rings is 1. The minimum Gasteiger partial charge on any atom is -0.366 e. The lowest BCUT2D eigenvalue weighted by molar-refractivity contribution is 0.0697. The smallest absolute Gasteiger partial charge is 0.255 e. The number of carbonyl (C=O) groups is 1. The van der Waals surface area contributed by atoms with Crippen LogP contribution in [0, 0.1) is 5.92 Å². The number of pyridine rings is 2. The predicted octanol–water partition coefficient (Wildman–Crippen LogP) is 2.97. The number of carbonyl (C=O) groups excluding carboxylic acids is 1. The highest BCUT2D eigenvalue weighted by molar-refractivity contribution is 5.94. The van der Waals surface area contributed by atoms with Gasteiger partial charge < -0.3 is 15.1 Å². The van der Waals surface area contributed by atoms with Crippen LogP contribution in [0.1, 0.15) is 37.0 Å². The fraction of sp³-hybridized carbons (Fsp3) is 0.542. The van der Waals surface area contributed by atoms with Crippen LogP contribution in [0.25, 0.3) is 0 Å². The molecule has 1 unspecified atom stereocenters. The van der Waals surface area contributed by atoms with E-state index in [1.54, 1.807) is 6.20 Å². The quantitative estimate of drug-likeness (QED) is 0.772. The van der Waals surface area contributed by atoms with E-state index in [4.69, 9.17) is 0 Å². The summed E-state index contributed by atoms with van der Waals surface area (Å²) in [5, 5.41) is 3.48. The van der Waals surface area contributed by atoms with E-state index >= 15 is 0 Å². The summed E-state index contributed by atoms with van der Waals surface area (Å²) in [6, 6.07) is 10.2. The van der Waals surface area contributed by atoms with E-state index in [9.17, 15) is 4.79 Å². The summed E-state index contributed by atoms with van der Waals surface area (Å²) in [6.07, 6.45) is 5.74. The summed E-state index contributed by atoms with van der Waals surface area (Å²) < 4.78 is 0. The molecule has 0 aliphatic carbocycles. The zero-order valence-corrected chi connectivity index (χ0v) is 18.7. The molecule has 7 heteroatoms. The Bertz CT molecular complexity index is 827. The molecule has 2 aliphatic rings. The second kappa shape index (κ2) is 10.1. The second-order valence-electron chi connectivity index (χ2n) is 8.93. The van der Waals surface area contributed by atoms with E-state index < -0.39 is 0 Å². The van der Waals surface area contributed by atoms with E-state index in [1.807, 2.05) is 35.4 Å². The van der Waals surface area contributed by atoms with Crippen LogP contribution in [0.2, 0.25) is 0 Å². The van der Waals surface area contributed by atoms with Crippen LogP contribution in [-0.2, 0) is 0 Å². The molecule has 31 heavy (non-hydrogen) atoms. The van der Waals surface area contributed by atoms with Crippen molar-refractivity contribution >= 4 is 17.5 Å². The molecule has 1 amide bonds. The summed E-state index contributed by atoms with van der Waals surface area (Å²) in [6.45, 7) is 11.1. The van der Waals surface area contributed by atoms with Gasteiger partial charge in [-0.15, -0.1) is 0 Å². The normalized spacial score (nSPS) is 19.3. The van der Waals surface area contributed by atoms with Gasteiger partial charge in [-0.1, -0.05) is 13.0 Å². The van der Waals surface area contributed by atoms with E-state index in [1.165, 1.54) is 0 Å². The first-order valence-electron chi connectivity index (χ1n) is 11.5. The SMILES string of the molecule is CC1CCN(C(=O)c2ccc(NC(C)CN3CCN(c4ccccn4)CC3)nc2)CC1. The molecule has 4 heterocycles. The summed E-state index contributed by atoms with van der Waals surface area (Å²) in [5.74, 6) is 2.70. The molecule has 1 N–H and O–H groups in total. The van der Waals surface area contributed by atoms with Crippen LogP contribution >= 0.6 is 0 Å². The Morgan fingerprint density at radius 3 is 2.48 bits per heavy atom. The molecule has 1 atom stereocenters. The molecular formula is C24H34N6O. The molecule has 2 saturated heterocycles. The van der Waals surface area contributed by atoms with Gasteiger partial charge in [0.25, 0.3) is 5.91 Å². The third kappa shape index (κ3) is 5.73. The van der Waals surface area contributed by atoms with Crippen molar-refractivity contribution in [3.05, 3.63) is 48.3 Å². The van der Waals surface area contributed by atoms with Gasteiger partial charge in [-0.2, -0.15) is 0 Å². The molecule has 0 radical (unpaired) electrons. The molecular weight excluding hydrogens is 388 g/mol. The first-order valence-corrected chi connectivity index (χ1v) is 11.5. The molecule has 2 fully saturated rings. The van der Waals surface area contributed by atoms with Crippen molar-refractivity contribution in [1.82, 2.24) is 19.8 Å². The maximum atomic E-state index is 12.7. The first kappa shape index (κ1) is 21.6. The Balaban J connectivity index is 1.23. The van der Waals surface area contributed by atoms with Crippen LogP contribution < -0.4 is 10.2 Å². The summed E-state index contributed by atoms with van der Waals surface area (Å²) >= 11 is 0. The third-order valence-corrected chi connectivity index (χ3v) is 6.35. The van der Waals surface area contributed by atoms with Gasteiger partial charge >= 0.3 is 0 Å². The molecule has 2 aromatic rings. The molecule has 7 nitrogen and oxygen atoms in total. The number of rotatable bonds is 6. The number of anilines is 2. The Morgan fingerprint density at radius 1 is 1.06 bits per heavy atom. The number of aromatic nitrogens is 2. The predicted molar refractivity (Wildman–Crippen MR) is 125 cm³/mol. The molecule has 0 spiro atoms. The highest BCUT2D eigenvalue weighted by Gasteiger charge is 2.22. The van der Waals surface area contributed by atoms with E-state index in [-0.39, 0.29) is 11.9 Å². The Morgan fingerprint density at radius 2 is 1.84 bits per heavy atom. The van der Waals surface area contributed by atoms with Crippen molar-refractivity contribution in [2.45, 2.75) is 32.7 Å². The third-order valence-electron chi connectivity index (χ3n) is 6.35. The minimum absolute atomic E-state index is 0.102. The van der Waals surface area contributed by atoms with Gasteiger partial charge in [-0.05, 0) is 49.9 Å². The molecule has 0 bridgehead atoms. The molecule has 166 valence electrons. The standard InChI is InChI=1S/C24H34N6O/c1-19-8-11-30(12-9-19)24(31)21-6-7-22(26-17-21)27-20(2)18-28-13-15-29(16-14-28)23-5-3-4-10-25-23/h3-7,10,17,19-20H,8-9,11-16,18H2,1-2H3,(H,26,27). The van der Waals surface area contributed by atoms with E-state index in [2.05, 4.69) is 45.0 Å². The van der Waals surface area contributed by atoms with Crippen LogP contribution in [0.3, 0.4) is 0 Å². The summed E-state index contributed by atoms with van der Waals surface area (Å²) in [7, 11) is 0. The van der Waals surface area contributed by atoms with Crippen molar-refractivity contribution in [1.29, 1.82) is 0 Å². The highest BCUT2D eigenvalue weighted by Crippen LogP contribution is 2.19. The van der Waals surface area contributed by atoms with Crippen molar-refractivity contribution in [3.63, 3.8) is 0 Å². The van der Waals surface area contributed by atoms with Crippen molar-refractivity contribution in [2.24, 2.45) is 5.92 Å². The number of piperazine rings is 1. The molecule has 0 aromatic carbocycles. The first-order chi connectivity index (χ1) is 15.1. The zero-order valence-electron chi connectivity index (χ0n) is 18.7. The van der Waals surface area contributed by atoms with Gasteiger partial charge in [-0.25, -0.2) is 9.97 Å². The summed E-state index contributed by atoms with van der Waals surface area (Å²) in [4.78, 5) is 28.4. The lowest BCUT2D eigenvalue weighted by Crippen LogP contribution is -2.49. The molecule has 2 aromatic heterocycles. The van der Waals surface area contributed by atoms with Crippen molar-refractivity contribution < 1.29 is 4.79 Å². The van der Waals surface area contributed by atoms with Crippen molar-refractivity contribution in [2.75, 3.05) is 56.0 Å². The topological polar surface area (TPSA) is 64.6 Å². The Kier molecular flexibility index (Phi) is 7.02. The van der Waals surface area contributed by atoms with Gasteiger partial charge in [-0.3, -0.25) is 9.69 Å². The van der Waals surface area contributed by atoms with Gasteiger partial charge in [0.2, 0.25) is 0 Å². The molecule has 0 saturated carbocycles. The number of hydrogen-bond acceptors (Lipinski definition) is 6. The van der Waals surface area contributed by atoms with Crippen LogP contribution in [0.4, 0.5) is 11.6 Å². The zero-order chi connectivity index (χ0) is 21.6. The van der Waals surface area contributed by atoms with Crippen LogP contribution in [0.15, 0.2) is 42.7 Å². The van der Waals surface area contributed by atoms with Gasteiger partial charge in [0.1, 0.15) is 11.6 Å². The average Bonchev–Trinajstić information content (AvgIpc) is 2.81. The summed E-state index contributed by atoms with van der Waals surface area (Å²) in [5.41, 5.74) is 0.679. The fourth-order valence-corrected chi connectivity index (χ4v) is 4.39. The minimum atomic E-state index is 0.102. The monoisotopic (exact) mass is 422 g/mol. The fourth-order valence-electron chi connectivity index (χ4n) is 4.39. The number of nitrogens with one attached hydrogen (secondary N) is 1. The lowest BCUT2D eigenvalue weighted by atomic mass is 9.99. The maximum absolute atomic E-state index is 12.7. The Labute approximate surface area is 185 Å². The van der Waals surface area contributed by atoms with Crippen LogP contribution in [-0.4, -0.2) is 77.5 Å². The molecule has 2 aliphatic heterocycles. The van der Waals surface area contributed by atoms with Crippen LogP contribution in [0.5, 0.6) is 0 Å². The highest BCUT2D eigenvalue weighted by atomic mass is 16.2. The van der Waals surface area contributed by atoms with E-state index in [0.29, 0.717) is 11.5 Å². The Hall–Kier alpha value is -2.67. The number of amides is 1. The largest absolute Gasteiger partial charge is 0.366 e. The van der Waals surface area contributed by atoms with Crippen molar-refractivity contribution in [3.8, 4) is 0 Å². The maximum Gasteiger partial charge on any atom is 0.255 e. The number of likely N-dealkylation sites (tertiary alicyclic amines) is 1. The van der Waals surface area contributed by atoms with Gasteiger partial charge in [0.15, 0.2) is 0 Å². The average molecular weight is 423 g/mol. The van der Waals surface area contributed by atoms with Gasteiger partial charge in [0, 0.05) is 64.2 Å². The second-order valence-corrected chi connectivity index (χ2v) is 8.93. The van der Waals surface area contributed by atoms with E-state index in [0.717, 1.165) is 70.3 Å². The molecule has 4 rings (SSSR count). The number of nitrogens with zero attached hydrogens (tertiary/aromatic N) is 5. The van der Waals surface area contributed by atoms with Gasteiger partial charge in [0.05, 0.1) is 5.56 Å². The number of hydrogen-bond donors (Lipinski definition) is 1. The lowest BCUT2D eigenvalue weighted by Gasteiger charge is -2.36.